The summed E-state index contributed by atoms with van der Waals surface area (Å²) in [6, 6.07) is 7.58. The van der Waals surface area contributed by atoms with E-state index in [0.717, 1.165) is 11.3 Å². The smallest absolute Gasteiger partial charge is 0.266 e. The van der Waals surface area contributed by atoms with E-state index in [1.54, 1.807) is 20.4 Å². The van der Waals surface area contributed by atoms with Crippen LogP contribution >= 0.6 is 23.1 Å². The van der Waals surface area contributed by atoms with Gasteiger partial charge in [0.25, 0.3) is 5.91 Å². The molecule has 0 atom stereocenters. The van der Waals surface area contributed by atoms with E-state index in [0.29, 0.717) is 15.2 Å². The molecule has 0 radical (unpaired) electrons. The highest BCUT2D eigenvalue weighted by Crippen LogP contribution is 2.33. The summed E-state index contributed by atoms with van der Waals surface area (Å²) < 4.78 is 5.20. The van der Waals surface area contributed by atoms with Gasteiger partial charge in [0.05, 0.1) is 12.0 Å². The van der Waals surface area contributed by atoms with Gasteiger partial charge in [0.1, 0.15) is 5.75 Å². The Morgan fingerprint density at radius 3 is 3.00 bits per heavy atom. The number of amidine groups is 1. The summed E-state index contributed by atoms with van der Waals surface area (Å²) in [7, 11) is 3.34. The molecular formula is C15H13N3O2S2. The predicted molar refractivity (Wildman–Crippen MR) is 90.5 cm³/mol. The Balaban J connectivity index is 1.89. The van der Waals surface area contributed by atoms with E-state index in [-0.39, 0.29) is 5.91 Å². The van der Waals surface area contributed by atoms with Crippen LogP contribution in [0.3, 0.4) is 0 Å². The Morgan fingerprint density at radius 2 is 2.27 bits per heavy atom. The molecule has 2 aromatic rings. The second-order valence-electron chi connectivity index (χ2n) is 4.46. The first kappa shape index (κ1) is 14.8. The van der Waals surface area contributed by atoms with Crippen molar-refractivity contribution in [1.82, 2.24) is 9.88 Å². The Labute approximate surface area is 136 Å². The minimum Gasteiger partial charge on any atom is -0.497 e. The number of rotatable bonds is 3. The van der Waals surface area contributed by atoms with Crippen molar-refractivity contribution in [2.45, 2.75) is 0 Å². The third kappa shape index (κ3) is 3.05. The third-order valence-corrected chi connectivity index (χ3v) is 4.73. The zero-order valence-corrected chi connectivity index (χ0v) is 13.6. The van der Waals surface area contributed by atoms with Gasteiger partial charge >= 0.3 is 0 Å². The lowest BCUT2D eigenvalue weighted by molar-refractivity contribution is -0.121. The van der Waals surface area contributed by atoms with E-state index >= 15 is 0 Å². The number of carbonyl (C=O) groups is 1. The predicted octanol–water partition coefficient (Wildman–Crippen LogP) is 3.39. The number of likely N-dealkylation sites (N-methyl/N-ethyl adjacent to an activating group) is 1. The maximum Gasteiger partial charge on any atom is 0.266 e. The van der Waals surface area contributed by atoms with Crippen LogP contribution in [0.2, 0.25) is 0 Å². The molecule has 1 aliphatic rings. The Hall–Kier alpha value is -2.12. The standard InChI is InChI=1S/C15H13N3O2S2/c1-18-13(19)12(9-10-4-3-5-11(8-10)20-2)22-15(18)17-14-16-6-7-21-14/h3-9H,1-2H3/b12-9-,17-15+. The molecular weight excluding hydrogens is 318 g/mol. The van der Waals surface area contributed by atoms with Crippen LogP contribution in [-0.2, 0) is 4.79 Å². The Kier molecular flexibility index (Phi) is 4.26. The number of nitrogens with zero attached hydrogens (tertiary/aromatic N) is 3. The van der Waals surface area contributed by atoms with Crippen molar-refractivity contribution in [2.24, 2.45) is 4.99 Å². The zero-order valence-electron chi connectivity index (χ0n) is 12.0. The maximum absolute atomic E-state index is 12.3. The van der Waals surface area contributed by atoms with Crippen LogP contribution in [-0.4, -0.2) is 35.1 Å². The molecule has 5 nitrogen and oxygen atoms in total. The number of carbonyl (C=O) groups excluding carboxylic acids is 1. The van der Waals surface area contributed by atoms with Crippen LogP contribution in [0.15, 0.2) is 45.7 Å². The van der Waals surface area contributed by atoms with Gasteiger partial charge in [0.15, 0.2) is 5.17 Å². The fourth-order valence-electron chi connectivity index (χ4n) is 1.89. The minimum absolute atomic E-state index is 0.0665. The number of hydrogen-bond acceptors (Lipinski definition) is 6. The number of thioether (sulfide) groups is 1. The van der Waals surface area contributed by atoms with E-state index in [9.17, 15) is 4.79 Å². The van der Waals surface area contributed by atoms with Crippen molar-refractivity contribution < 1.29 is 9.53 Å². The molecule has 2 heterocycles. The lowest BCUT2D eigenvalue weighted by Crippen LogP contribution is -2.23. The first-order chi connectivity index (χ1) is 10.7. The topological polar surface area (TPSA) is 54.8 Å². The average Bonchev–Trinajstić information content (AvgIpc) is 3.13. The summed E-state index contributed by atoms with van der Waals surface area (Å²) in [5.41, 5.74) is 0.916. The second-order valence-corrected chi connectivity index (χ2v) is 6.34. The van der Waals surface area contributed by atoms with Crippen LogP contribution in [0, 0.1) is 0 Å². The zero-order chi connectivity index (χ0) is 15.5. The largest absolute Gasteiger partial charge is 0.497 e. The van der Waals surface area contributed by atoms with Crippen molar-refractivity contribution >= 4 is 45.4 Å². The maximum atomic E-state index is 12.3. The molecule has 1 aliphatic heterocycles. The number of hydrogen-bond donors (Lipinski definition) is 0. The van der Waals surface area contributed by atoms with Crippen molar-refractivity contribution in [3.05, 3.63) is 46.3 Å². The van der Waals surface area contributed by atoms with Crippen LogP contribution in [0.4, 0.5) is 5.13 Å². The molecule has 0 spiro atoms. The van der Waals surface area contributed by atoms with Crippen molar-refractivity contribution in [3.63, 3.8) is 0 Å². The highest BCUT2D eigenvalue weighted by molar-refractivity contribution is 8.18. The molecule has 1 fully saturated rings. The van der Waals surface area contributed by atoms with Gasteiger partial charge in [0.2, 0.25) is 5.13 Å². The van der Waals surface area contributed by atoms with Gasteiger partial charge < -0.3 is 4.74 Å². The highest BCUT2D eigenvalue weighted by Gasteiger charge is 2.30. The summed E-state index contributed by atoms with van der Waals surface area (Å²) in [4.78, 5) is 23.0. The molecule has 0 saturated carbocycles. The highest BCUT2D eigenvalue weighted by atomic mass is 32.2. The normalized spacial score (nSPS) is 18.5. The van der Waals surface area contributed by atoms with Crippen LogP contribution in [0.1, 0.15) is 5.56 Å². The molecule has 1 amide bonds. The molecule has 1 aromatic carbocycles. The van der Waals surface area contributed by atoms with Crippen LogP contribution < -0.4 is 4.74 Å². The number of aromatic nitrogens is 1. The summed E-state index contributed by atoms with van der Waals surface area (Å²) >= 11 is 2.78. The third-order valence-electron chi connectivity index (χ3n) is 3.01. The van der Waals surface area contributed by atoms with Crippen molar-refractivity contribution in [1.29, 1.82) is 0 Å². The number of thiazole rings is 1. The van der Waals surface area contributed by atoms with E-state index in [4.69, 9.17) is 4.74 Å². The van der Waals surface area contributed by atoms with E-state index in [1.807, 2.05) is 35.7 Å². The van der Waals surface area contributed by atoms with Gasteiger partial charge in [-0.25, -0.2) is 4.98 Å². The lowest BCUT2D eigenvalue weighted by Gasteiger charge is -2.05. The summed E-state index contributed by atoms with van der Waals surface area (Å²) in [5, 5.41) is 3.13. The van der Waals surface area contributed by atoms with Gasteiger partial charge in [-0.1, -0.05) is 12.1 Å². The van der Waals surface area contributed by atoms with Crippen LogP contribution in [0.5, 0.6) is 5.75 Å². The number of methoxy groups -OCH3 is 1. The van der Waals surface area contributed by atoms with Crippen molar-refractivity contribution in [3.8, 4) is 5.75 Å². The number of aliphatic imine (C=N–C) groups is 1. The number of ether oxygens (including phenoxy) is 1. The molecule has 1 aromatic heterocycles. The van der Waals surface area contributed by atoms with E-state index < -0.39 is 0 Å². The fraction of sp³-hybridized carbons (Fsp3) is 0.133. The molecule has 0 unspecified atom stereocenters. The Morgan fingerprint density at radius 1 is 1.41 bits per heavy atom. The summed E-state index contributed by atoms with van der Waals surface area (Å²) in [6.45, 7) is 0. The van der Waals surface area contributed by atoms with Gasteiger partial charge in [-0.2, -0.15) is 4.99 Å². The molecule has 112 valence electrons. The minimum atomic E-state index is -0.0665. The average molecular weight is 331 g/mol. The second kappa shape index (κ2) is 6.33. The van der Waals surface area contributed by atoms with E-state index in [2.05, 4.69) is 9.98 Å². The Bertz CT molecular complexity index is 754. The quantitative estimate of drug-likeness (QED) is 0.809. The SMILES string of the molecule is COc1cccc(/C=C2\S/C(=N/c3nccs3)N(C)C2=O)c1. The first-order valence-corrected chi connectivity index (χ1v) is 8.17. The summed E-state index contributed by atoms with van der Waals surface area (Å²) in [6.07, 6.45) is 3.54. The van der Waals surface area contributed by atoms with Gasteiger partial charge in [-0.05, 0) is 35.5 Å². The monoisotopic (exact) mass is 331 g/mol. The molecule has 1 saturated heterocycles. The van der Waals surface area contributed by atoms with E-state index in [1.165, 1.54) is 28.0 Å². The van der Waals surface area contributed by atoms with Gasteiger partial charge in [-0.3, -0.25) is 9.69 Å². The van der Waals surface area contributed by atoms with Crippen molar-refractivity contribution in [2.75, 3.05) is 14.2 Å². The first-order valence-electron chi connectivity index (χ1n) is 6.47. The molecule has 7 heteroatoms. The van der Waals surface area contributed by atoms with Gasteiger partial charge in [-0.15, -0.1) is 11.3 Å². The number of benzene rings is 1. The fourth-order valence-corrected chi connectivity index (χ4v) is 3.42. The van der Waals surface area contributed by atoms with Gasteiger partial charge in [0, 0.05) is 18.6 Å². The van der Waals surface area contributed by atoms with Crippen LogP contribution in [0.25, 0.3) is 6.08 Å². The molecule has 0 N–H and O–H groups in total. The summed E-state index contributed by atoms with van der Waals surface area (Å²) in [5.74, 6) is 0.693. The molecule has 0 bridgehead atoms. The molecule has 22 heavy (non-hydrogen) atoms. The lowest BCUT2D eigenvalue weighted by atomic mass is 10.2. The number of amides is 1. The molecule has 3 rings (SSSR count). The molecule has 0 aliphatic carbocycles.